The van der Waals surface area contributed by atoms with E-state index >= 15 is 0 Å². The molecular weight excluding hydrogens is 416 g/mol. The number of likely N-dealkylation sites (tertiary alicyclic amines) is 1. The zero-order valence-electron chi connectivity index (χ0n) is 17.7. The third kappa shape index (κ3) is 5.26. The van der Waals surface area contributed by atoms with Crippen LogP contribution in [0.4, 0.5) is 0 Å². The Morgan fingerprint density at radius 1 is 0.968 bits per heavy atom. The lowest BCUT2D eigenvalue weighted by molar-refractivity contribution is -0.0674. The van der Waals surface area contributed by atoms with Gasteiger partial charge in [-0.25, -0.2) is 0 Å². The SMILES string of the molecule is Clc1ccc(CN2CCC(N3CCOC(COc4ccc5c(c4)OCO5)C3)CC2)cc1. The van der Waals surface area contributed by atoms with Crippen molar-refractivity contribution in [3.63, 3.8) is 0 Å². The fourth-order valence-electron chi connectivity index (χ4n) is 4.62. The molecule has 0 radical (unpaired) electrons. The van der Waals surface area contributed by atoms with Gasteiger partial charge >= 0.3 is 0 Å². The molecule has 2 saturated heterocycles. The quantitative estimate of drug-likeness (QED) is 0.675. The van der Waals surface area contributed by atoms with Crippen molar-refractivity contribution in [1.82, 2.24) is 9.80 Å². The Morgan fingerprint density at radius 2 is 1.77 bits per heavy atom. The van der Waals surface area contributed by atoms with Gasteiger partial charge in [-0.1, -0.05) is 23.7 Å². The molecule has 2 aromatic rings. The van der Waals surface area contributed by atoms with Gasteiger partial charge in [-0.05, 0) is 55.8 Å². The minimum atomic E-state index is 0.0891. The molecule has 1 unspecified atom stereocenters. The maximum atomic E-state index is 6.00. The molecular formula is C24H29ClN2O4. The van der Waals surface area contributed by atoms with Crippen LogP contribution in [0.5, 0.6) is 17.2 Å². The maximum Gasteiger partial charge on any atom is 0.231 e. The van der Waals surface area contributed by atoms with Gasteiger partial charge in [-0.15, -0.1) is 0 Å². The van der Waals surface area contributed by atoms with Gasteiger partial charge in [-0.2, -0.15) is 0 Å². The van der Waals surface area contributed by atoms with Gasteiger partial charge in [0.25, 0.3) is 0 Å². The van der Waals surface area contributed by atoms with E-state index in [0.717, 1.165) is 61.6 Å². The van der Waals surface area contributed by atoms with Crippen LogP contribution in [0.15, 0.2) is 42.5 Å². The van der Waals surface area contributed by atoms with Crippen LogP contribution in [0, 0.1) is 0 Å². The summed E-state index contributed by atoms with van der Waals surface area (Å²) in [6, 6.07) is 14.5. The van der Waals surface area contributed by atoms with Gasteiger partial charge in [0.2, 0.25) is 6.79 Å². The highest BCUT2D eigenvalue weighted by molar-refractivity contribution is 6.30. The summed E-state index contributed by atoms with van der Waals surface area (Å²) in [5.74, 6) is 2.31. The van der Waals surface area contributed by atoms with Crippen LogP contribution in [-0.4, -0.2) is 68.1 Å². The van der Waals surface area contributed by atoms with Crippen LogP contribution in [0.1, 0.15) is 18.4 Å². The average Bonchev–Trinajstić information content (AvgIpc) is 3.28. The average molecular weight is 445 g/mol. The minimum Gasteiger partial charge on any atom is -0.491 e. The molecule has 0 N–H and O–H groups in total. The summed E-state index contributed by atoms with van der Waals surface area (Å²) in [7, 11) is 0. The summed E-state index contributed by atoms with van der Waals surface area (Å²) in [6.07, 6.45) is 2.48. The summed E-state index contributed by atoms with van der Waals surface area (Å²) < 4.78 is 22.8. The second-order valence-corrected chi connectivity index (χ2v) is 8.88. The molecule has 0 bridgehead atoms. The van der Waals surface area contributed by atoms with Crippen molar-refractivity contribution in [2.45, 2.75) is 31.5 Å². The summed E-state index contributed by atoms with van der Waals surface area (Å²) in [5, 5.41) is 0.798. The van der Waals surface area contributed by atoms with Crippen LogP contribution < -0.4 is 14.2 Å². The fourth-order valence-corrected chi connectivity index (χ4v) is 4.75. The van der Waals surface area contributed by atoms with Gasteiger partial charge in [0.15, 0.2) is 11.5 Å². The predicted molar refractivity (Wildman–Crippen MR) is 119 cm³/mol. The van der Waals surface area contributed by atoms with E-state index in [-0.39, 0.29) is 12.9 Å². The highest BCUT2D eigenvalue weighted by Gasteiger charge is 2.29. The number of morpholine rings is 1. The van der Waals surface area contributed by atoms with E-state index in [1.807, 2.05) is 30.3 Å². The van der Waals surface area contributed by atoms with Crippen molar-refractivity contribution in [2.75, 3.05) is 46.2 Å². The first-order valence-corrected chi connectivity index (χ1v) is 11.5. The molecule has 3 heterocycles. The molecule has 3 aliphatic rings. The molecule has 0 aliphatic carbocycles. The number of hydrogen-bond acceptors (Lipinski definition) is 6. The molecule has 0 aromatic heterocycles. The Kier molecular flexibility index (Phi) is 6.50. The monoisotopic (exact) mass is 444 g/mol. The first-order chi connectivity index (χ1) is 15.2. The second kappa shape index (κ2) is 9.65. The number of nitrogens with zero attached hydrogens (tertiary/aromatic N) is 2. The lowest BCUT2D eigenvalue weighted by atomic mass is 10.0. The third-order valence-corrected chi connectivity index (χ3v) is 6.60. The number of fused-ring (bicyclic) bond motifs is 1. The van der Waals surface area contributed by atoms with E-state index < -0.39 is 0 Å². The second-order valence-electron chi connectivity index (χ2n) is 8.45. The molecule has 31 heavy (non-hydrogen) atoms. The largest absolute Gasteiger partial charge is 0.491 e. The molecule has 1 atom stereocenters. The molecule has 0 saturated carbocycles. The predicted octanol–water partition coefficient (Wildman–Crippen LogP) is 3.81. The van der Waals surface area contributed by atoms with Crippen molar-refractivity contribution in [2.24, 2.45) is 0 Å². The molecule has 0 amide bonds. The lowest BCUT2D eigenvalue weighted by Gasteiger charge is -2.42. The van der Waals surface area contributed by atoms with Crippen molar-refractivity contribution in [3.8, 4) is 17.2 Å². The molecule has 6 nitrogen and oxygen atoms in total. The molecule has 166 valence electrons. The van der Waals surface area contributed by atoms with E-state index in [0.29, 0.717) is 12.6 Å². The maximum absolute atomic E-state index is 6.00. The lowest BCUT2D eigenvalue weighted by Crippen LogP contribution is -2.52. The molecule has 3 aliphatic heterocycles. The zero-order chi connectivity index (χ0) is 21.0. The molecule has 2 aromatic carbocycles. The smallest absolute Gasteiger partial charge is 0.231 e. The first kappa shape index (κ1) is 20.9. The normalized spacial score (nSPS) is 22.5. The molecule has 2 fully saturated rings. The molecule has 7 heteroatoms. The Labute approximate surface area is 188 Å². The summed E-state index contributed by atoms with van der Waals surface area (Å²) in [6.45, 7) is 6.77. The van der Waals surface area contributed by atoms with Gasteiger partial charge in [0, 0.05) is 36.8 Å². The number of piperidine rings is 1. The Morgan fingerprint density at radius 3 is 2.61 bits per heavy atom. The zero-order valence-corrected chi connectivity index (χ0v) is 18.4. The Balaban J connectivity index is 1.08. The summed E-state index contributed by atoms with van der Waals surface area (Å²) >= 11 is 6.00. The van der Waals surface area contributed by atoms with E-state index in [9.17, 15) is 0 Å². The number of ether oxygens (including phenoxy) is 4. The Bertz CT molecular complexity index is 870. The third-order valence-electron chi connectivity index (χ3n) is 6.34. The van der Waals surface area contributed by atoms with E-state index in [1.165, 1.54) is 18.4 Å². The minimum absolute atomic E-state index is 0.0891. The summed E-state index contributed by atoms with van der Waals surface area (Å²) in [4.78, 5) is 5.14. The first-order valence-electron chi connectivity index (χ1n) is 11.1. The van der Waals surface area contributed by atoms with E-state index in [1.54, 1.807) is 0 Å². The van der Waals surface area contributed by atoms with Crippen LogP contribution in [0.2, 0.25) is 5.02 Å². The van der Waals surface area contributed by atoms with Crippen LogP contribution >= 0.6 is 11.6 Å². The molecule has 5 rings (SSSR count). The standard InChI is InChI=1S/C24H29ClN2O4/c25-19-3-1-18(2-4-19)14-26-9-7-20(8-10-26)27-11-12-28-22(15-27)16-29-21-5-6-23-24(13-21)31-17-30-23/h1-6,13,20,22H,7-12,14-17H2. The van der Waals surface area contributed by atoms with E-state index in [4.69, 9.17) is 30.5 Å². The van der Waals surface area contributed by atoms with E-state index in [2.05, 4.69) is 21.9 Å². The van der Waals surface area contributed by atoms with Crippen LogP contribution in [0.25, 0.3) is 0 Å². The number of rotatable bonds is 6. The number of benzene rings is 2. The topological polar surface area (TPSA) is 43.4 Å². The van der Waals surface area contributed by atoms with Gasteiger partial charge in [-0.3, -0.25) is 9.80 Å². The van der Waals surface area contributed by atoms with Crippen LogP contribution in [-0.2, 0) is 11.3 Å². The van der Waals surface area contributed by atoms with Gasteiger partial charge in [0.1, 0.15) is 18.5 Å². The van der Waals surface area contributed by atoms with Gasteiger partial charge in [0.05, 0.1) is 6.61 Å². The number of halogens is 1. The highest BCUT2D eigenvalue weighted by Crippen LogP contribution is 2.35. The van der Waals surface area contributed by atoms with Crippen molar-refractivity contribution >= 4 is 11.6 Å². The van der Waals surface area contributed by atoms with Crippen molar-refractivity contribution in [3.05, 3.63) is 53.1 Å². The van der Waals surface area contributed by atoms with Gasteiger partial charge < -0.3 is 18.9 Å². The highest BCUT2D eigenvalue weighted by atomic mass is 35.5. The van der Waals surface area contributed by atoms with Crippen molar-refractivity contribution in [1.29, 1.82) is 0 Å². The fraction of sp³-hybridized carbons (Fsp3) is 0.500. The van der Waals surface area contributed by atoms with Crippen molar-refractivity contribution < 1.29 is 18.9 Å². The number of hydrogen-bond donors (Lipinski definition) is 0. The Hall–Kier alpha value is -1.99. The molecule has 0 spiro atoms. The van der Waals surface area contributed by atoms with Crippen LogP contribution in [0.3, 0.4) is 0 Å². The summed E-state index contributed by atoms with van der Waals surface area (Å²) in [5.41, 5.74) is 1.33.